The van der Waals surface area contributed by atoms with Crippen LogP contribution in [0.2, 0.25) is 23.3 Å². The van der Waals surface area contributed by atoms with E-state index in [0.29, 0.717) is 0 Å². The van der Waals surface area contributed by atoms with E-state index in [0.717, 1.165) is 29.9 Å². The Morgan fingerprint density at radius 3 is 0.889 bits per heavy atom. The van der Waals surface area contributed by atoms with Crippen molar-refractivity contribution in [1.29, 1.82) is 0 Å². The molecular formula is C4H12Cl2PtSe2. The van der Waals surface area contributed by atoms with Crippen LogP contribution < -0.4 is 0 Å². The first-order valence-electron chi connectivity index (χ1n) is 1.87. The SMILES string of the molecule is C[Se]C.C[Se]C.[Cl][Pt][Cl]. The fourth-order valence-electron chi connectivity index (χ4n) is 0. The molecule has 0 aliphatic carbocycles. The molecule has 5 heteroatoms. The molecule has 0 aromatic carbocycles. The van der Waals surface area contributed by atoms with Gasteiger partial charge in [-0.05, 0) is 0 Å². The van der Waals surface area contributed by atoms with Gasteiger partial charge in [-0.3, -0.25) is 0 Å². The van der Waals surface area contributed by atoms with Crippen molar-refractivity contribution < 1.29 is 16.5 Å². The summed E-state index contributed by atoms with van der Waals surface area (Å²) >= 11 is 1.28. The molecule has 9 heavy (non-hydrogen) atoms. The Labute approximate surface area is 87.5 Å². The van der Waals surface area contributed by atoms with Crippen LogP contribution in [-0.4, -0.2) is 29.9 Å². The van der Waals surface area contributed by atoms with E-state index in [1.807, 2.05) is 0 Å². The van der Waals surface area contributed by atoms with Gasteiger partial charge in [0.25, 0.3) is 0 Å². The zero-order chi connectivity index (χ0) is 8.12. The summed E-state index contributed by atoms with van der Waals surface area (Å²) in [4.78, 5) is 0. The van der Waals surface area contributed by atoms with Gasteiger partial charge in [0.05, 0.1) is 0 Å². The Hall–Kier alpha value is 2.31. The monoisotopic (exact) mass is 485 g/mol. The van der Waals surface area contributed by atoms with Crippen molar-refractivity contribution in [2.24, 2.45) is 0 Å². The first-order chi connectivity index (χ1) is 4.24. The van der Waals surface area contributed by atoms with Gasteiger partial charge in [-0.1, -0.05) is 0 Å². The molecular weight excluding hydrogens is 472 g/mol. The molecule has 0 saturated heterocycles. The Bertz CT molecular complexity index is 21.3. The molecule has 0 fully saturated rings. The van der Waals surface area contributed by atoms with E-state index in [1.165, 1.54) is 0 Å². The predicted octanol–water partition coefficient (Wildman–Crippen LogP) is 2.95. The minimum absolute atomic E-state index is 0.472. The van der Waals surface area contributed by atoms with Crippen LogP contribution >= 0.6 is 18.8 Å². The van der Waals surface area contributed by atoms with Crippen LogP contribution in [0.25, 0.3) is 0 Å². The van der Waals surface area contributed by atoms with Crippen molar-refractivity contribution in [3.05, 3.63) is 0 Å². The van der Waals surface area contributed by atoms with Gasteiger partial charge in [0.15, 0.2) is 0 Å². The molecule has 0 N–H and O–H groups in total. The predicted molar refractivity (Wildman–Crippen MR) is 46.7 cm³/mol. The zero-order valence-corrected chi connectivity index (χ0v) is 13.1. The fourth-order valence-corrected chi connectivity index (χ4v) is 0. The number of hydrogen-bond acceptors (Lipinski definition) is 0. The molecule has 0 bridgehead atoms. The minimum atomic E-state index is -0.472. The number of rotatable bonds is 0. The molecule has 64 valence electrons. The number of halogens is 2. The third-order valence-corrected chi connectivity index (χ3v) is 0. The van der Waals surface area contributed by atoms with Crippen LogP contribution in [0, 0.1) is 0 Å². The molecule has 0 nitrogen and oxygen atoms in total. The summed E-state index contributed by atoms with van der Waals surface area (Å²) in [5.41, 5.74) is 0. The van der Waals surface area contributed by atoms with Crippen LogP contribution in [0.3, 0.4) is 0 Å². The summed E-state index contributed by atoms with van der Waals surface area (Å²) in [6.45, 7) is 0. The van der Waals surface area contributed by atoms with Crippen LogP contribution in [0.1, 0.15) is 0 Å². The van der Waals surface area contributed by atoms with Gasteiger partial charge in [0.1, 0.15) is 0 Å². The zero-order valence-electron chi connectivity index (χ0n) is 5.89. The first-order valence-corrected chi connectivity index (χ1v) is 14.4. The normalized spacial score (nSPS) is 6.44. The fraction of sp³-hybridized carbons (Fsp3) is 1.00. The molecule has 0 unspecified atom stereocenters. The van der Waals surface area contributed by atoms with Gasteiger partial charge >= 0.3 is 88.5 Å². The third kappa shape index (κ3) is 134. The Morgan fingerprint density at radius 2 is 0.889 bits per heavy atom. The van der Waals surface area contributed by atoms with Gasteiger partial charge in [0.2, 0.25) is 0 Å². The van der Waals surface area contributed by atoms with E-state index < -0.39 is 16.5 Å². The summed E-state index contributed by atoms with van der Waals surface area (Å²) < 4.78 is 0. The summed E-state index contributed by atoms with van der Waals surface area (Å²) in [6.07, 6.45) is 0. The van der Waals surface area contributed by atoms with Crippen molar-refractivity contribution in [2.75, 3.05) is 0 Å². The molecule has 0 heterocycles. The van der Waals surface area contributed by atoms with Crippen LogP contribution in [-0.2, 0) is 16.5 Å². The second-order valence-corrected chi connectivity index (χ2v) is 7.57. The van der Waals surface area contributed by atoms with Crippen molar-refractivity contribution in [2.45, 2.75) is 23.3 Å². The van der Waals surface area contributed by atoms with Crippen molar-refractivity contribution in [1.82, 2.24) is 0 Å². The maximum atomic E-state index is 4.88. The third-order valence-electron chi connectivity index (χ3n) is 0. The Morgan fingerprint density at radius 1 is 0.889 bits per heavy atom. The average Bonchev–Trinajstić information content (AvgIpc) is 1.70. The molecule has 0 radical (unpaired) electrons. The molecule has 0 atom stereocenters. The molecule has 0 aliphatic heterocycles. The molecule has 0 spiro atoms. The van der Waals surface area contributed by atoms with E-state index in [4.69, 9.17) is 18.8 Å². The number of hydrogen-bond donors (Lipinski definition) is 0. The van der Waals surface area contributed by atoms with E-state index >= 15 is 0 Å². The molecule has 0 rings (SSSR count). The molecule has 0 aliphatic rings. The first kappa shape index (κ1) is 17.4. The van der Waals surface area contributed by atoms with Gasteiger partial charge in [-0.2, -0.15) is 0 Å². The molecule has 0 aromatic rings. The maximum absolute atomic E-state index is 4.88. The van der Waals surface area contributed by atoms with Crippen molar-refractivity contribution >= 4 is 48.7 Å². The van der Waals surface area contributed by atoms with Gasteiger partial charge in [-0.25, -0.2) is 0 Å². The summed E-state index contributed by atoms with van der Waals surface area (Å²) in [6, 6.07) is 0. The van der Waals surface area contributed by atoms with Crippen LogP contribution in [0.4, 0.5) is 0 Å². The van der Waals surface area contributed by atoms with Gasteiger partial charge < -0.3 is 0 Å². The van der Waals surface area contributed by atoms with E-state index in [2.05, 4.69) is 23.3 Å². The molecule has 0 amide bonds. The van der Waals surface area contributed by atoms with E-state index in [9.17, 15) is 0 Å². The second-order valence-electron chi connectivity index (χ2n) is 0.862. The summed E-state index contributed by atoms with van der Waals surface area (Å²) in [7, 11) is 9.75. The van der Waals surface area contributed by atoms with Gasteiger partial charge in [0, 0.05) is 0 Å². The van der Waals surface area contributed by atoms with E-state index in [1.54, 1.807) is 0 Å². The van der Waals surface area contributed by atoms with E-state index in [-0.39, 0.29) is 0 Å². The van der Waals surface area contributed by atoms with Gasteiger partial charge in [-0.15, -0.1) is 0 Å². The topological polar surface area (TPSA) is 0 Å². The van der Waals surface area contributed by atoms with Crippen molar-refractivity contribution in [3.8, 4) is 0 Å². The Balaban J connectivity index is -0.0000000600. The quantitative estimate of drug-likeness (QED) is 0.465. The van der Waals surface area contributed by atoms with Crippen LogP contribution in [0.15, 0.2) is 0 Å². The second kappa shape index (κ2) is 31.7. The Kier molecular flexibility index (Phi) is 61.3. The standard InChI is InChI=1S/2C2H6Se.2ClH.Pt/c2*1-3-2;;;/h2*1-2H3;2*1H;/q;;;;+2/p-2. The summed E-state index contributed by atoms with van der Waals surface area (Å²) in [5.74, 6) is 8.75. The molecule has 0 aromatic heterocycles. The summed E-state index contributed by atoms with van der Waals surface area (Å²) in [5, 5.41) is 0. The average molecular weight is 484 g/mol. The van der Waals surface area contributed by atoms with Crippen LogP contribution in [0.5, 0.6) is 0 Å². The molecule has 0 saturated carbocycles. The van der Waals surface area contributed by atoms with Crippen molar-refractivity contribution in [3.63, 3.8) is 0 Å².